The normalized spacial score (nSPS) is 17.0. The average molecular weight is 316 g/mol. The van der Waals surface area contributed by atoms with Crippen molar-refractivity contribution >= 4 is 21.9 Å². The third-order valence-electron chi connectivity index (χ3n) is 2.87. The molecule has 1 saturated heterocycles. The third kappa shape index (κ3) is 2.75. The van der Waals surface area contributed by atoms with Gasteiger partial charge in [-0.25, -0.2) is 4.98 Å². The van der Waals surface area contributed by atoms with Gasteiger partial charge >= 0.3 is 0 Å². The number of rotatable bonds is 1. The highest BCUT2D eigenvalue weighted by molar-refractivity contribution is 9.10. The summed E-state index contributed by atoms with van der Waals surface area (Å²) in [6, 6.07) is 0. The van der Waals surface area contributed by atoms with E-state index in [4.69, 9.17) is 4.74 Å². The van der Waals surface area contributed by atoms with Gasteiger partial charge in [0, 0.05) is 18.5 Å². The molecule has 18 heavy (non-hydrogen) atoms. The highest BCUT2D eigenvalue weighted by atomic mass is 79.9. The molecule has 0 unspecified atom stereocenters. The summed E-state index contributed by atoms with van der Waals surface area (Å²) >= 11 is 3.32. The molecule has 1 N–H and O–H groups in total. The Morgan fingerprint density at radius 1 is 1.33 bits per heavy atom. The van der Waals surface area contributed by atoms with Crippen LogP contribution in [0, 0.1) is 0 Å². The summed E-state index contributed by atoms with van der Waals surface area (Å²) in [7, 11) is 0. The Kier molecular flexibility index (Phi) is 3.77. The lowest BCUT2D eigenvalue weighted by Crippen LogP contribution is -2.39. The quantitative estimate of drug-likeness (QED) is 0.856. The standard InChI is InChI=1S/C12H18BrN3O2/c1-12(2,3)9-8(13)10(17)15-11(14-9)16-4-6-18-7-5-16/h4-7H2,1-3H3,(H,14,15,17). The molecule has 1 aliphatic rings. The molecule has 1 aliphatic heterocycles. The maximum atomic E-state index is 11.9. The first-order valence-corrected chi connectivity index (χ1v) is 6.82. The minimum atomic E-state index is -0.172. The van der Waals surface area contributed by atoms with E-state index in [2.05, 4.69) is 25.9 Å². The third-order valence-corrected chi connectivity index (χ3v) is 3.61. The van der Waals surface area contributed by atoms with Crippen molar-refractivity contribution in [2.24, 2.45) is 0 Å². The highest BCUT2D eigenvalue weighted by Crippen LogP contribution is 2.26. The van der Waals surface area contributed by atoms with Crippen LogP contribution in [-0.4, -0.2) is 36.3 Å². The first-order valence-electron chi connectivity index (χ1n) is 6.02. The molecule has 1 aromatic rings. The average Bonchev–Trinajstić information content (AvgIpc) is 2.32. The summed E-state index contributed by atoms with van der Waals surface area (Å²) in [5.41, 5.74) is 0.484. The molecule has 0 atom stereocenters. The lowest BCUT2D eigenvalue weighted by atomic mass is 9.92. The summed E-state index contributed by atoms with van der Waals surface area (Å²) < 4.78 is 5.82. The van der Waals surface area contributed by atoms with Crippen molar-refractivity contribution in [3.8, 4) is 0 Å². The molecule has 1 aromatic heterocycles. The highest BCUT2D eigenvalue weighted by Gasteiger charge is 2.24. The zero-order chi connectivity index (χ0) is 13.3. The minimum absolute atomic E-state index is 0.128. The monoisotopic (exact) mass is 315 g/mol. The molecule has 0 spiro atoms. The van der Waals surface area contributed by atoms with Crippen LogP contribution < -0.4 is 10.5 Å². The first kappa shape index (κ1) is 13.5. The van der Waals surface area contributed by atoms with Crippen LogP contribution in [0.15, 0.2) is 9.27 Å². The zero-order valence-corrected chi connectivity index (χ0v) is 12.5. The number of hydrogen-bond donors (Lipinski definition) is 1. The molecule has 2 heterocycles. The van der Waals surface area contributed by atoms with Gasteiger partial charge in [0.15, 0.2) is 0 Å². The number of anilines is 1. The molecule has 1 fully saturated rings. The number of halogens is 1. The van der Waals surface area contributed by atoms with Gasteiger partial charge in [-0.15, -0.1) is 0 Å². The van der Waals surface area contributed by atoms with Crippen LogP contribution in [0.5, 0.6) is 0 Å². The first-order chi connectivity index (χ1) is 8.39. The van der Waals surface area contributed by atoms with Crippen LogP contribution in [0.25, 0.3) is 0 Å². The van der Waals surface area contributed by atoms with Crippen molar-refractivity contribution in [1.82, 2.24) is 9.97 Å². The number of hydrogen-bond acceptors (Lipinski definition) is 4. The Labute approximate surface area is 115 Å². The molecule has 6 heteroatoms. The molecular formula is C12H18BrN3O2. The Bertz CT molecular complexity index is 487. The molecule has 2 rings (SSSR count). The van der Waals surface area contributed by atoms with Crippen molar-refractivity contribution in [2.75, 3.05) is 31.2 Å². The predicted molar refractivity (Wildman–Crippen MR) is 74.3 cm³/mol. The van der Waals surface area contributed by atoms with Crippen molar-refractivity contribution in [1.29, 1.82) is 0 Å². The molecule has 0 aliphatic carbocycles. The van der Waals surface area contributed by atoms with Crippen molar-refractivity contribution < 1.29 is 4.74 Å². The van der Waals surface area contributed by atoms with Crippen LogP contribution >= 0.6 is 15.9 Å². The summed E-state index contributed by atoms with van der Waals surface area (Å²) in [6.07, 6.45) is 0. The van der Waals surface area contributed by atoms with Gasteiger partial charge < -0.3 is 9.64 Å². The summed E-state index contributed by atoms with van der Waals surface area (Å²) in [6.45, 7) is 8.99. The summed E-state index contributed by atoms with van der Waals surface area (Å²) in [4.78, 5) is 21.4. The van der Waals surface area contributed by atoms with Gasteiger partial charge in [0.2, 0.25) is 5.95 Å². The van der Waals surface area contributed by atoms with Gasteiger partial charge in [-0.05, 0) is 15.9 Å². The number of morpholine rings is 1. The van der Waals surface area contributed by atoms with E-state index in [1.54, 1.807) is 0 Å². The molecule has 5 nitrogen and oxygen atoms in total. The maximum Gasteiger partial charge on any atom is 0.266 e. The lowest BCUT2D eigenvalue weighted by Gasteiger charge is -2.29. The van der Waals surface area contributed by atoms with Gasteiger partial charge in [0.05, 0.1) is 18.9 Å². The maximum absolute atomic E-state index is 11.9. The molecule has 0 radical (unpaired) electrons. The summed E-state index contributed by atoms with van der Waals surface area (Å²) in [5, 5.41) is 0. The Hall–Kier alpha value is -0.880. The van der Waals surface area contributed by atoms with Crippen LogP contribution in [0.2, 0.25) is 0 Å². The number of H-pyrrole nitrogens is 1. The van der Waals surface area contributed by atoms with E-state index >= 15 is 0 Å². The van der Waals surface area contributed by atoms with Crippen molar-refractivity contribution in [2.45, 2.75) is 26.2 Å². The molecular weight excluding hydrogens is 298 g/mol. The van der Waals surface area contributed by atoms with Gasteiger partial charge in [-0.1, -0.05) is 20.8 Å². The molecule has 100 valence electrons. The molecule has 0 amide bonds. The Balaban J connectivity index is 2.44. The lowest BCUT2D eigenvalue weighted by molar-refractivity contribution is 0.122. The van der Waals surface area contributed by atoms with Crippen LogP contribution in [0.1, 0.15) is 26.5 Å². The number of nitrogens with one attached hydrogen (secondary N) is 1. The molecule has 0 aromatic carbocycles. The van der Waals surface area contributed by atoms with Gasteiger partial charge in [0.25, 0.3) is 5.56 Å². The zero-order valence-electron chi connectivity index (χ0n) is 10.9. The van der Waals surface area contributed by atoms with E-state index in [-0.39, 0.29) is 11.0 Å². The Morgan fingerprint density at radius 3 is 2.50 bits per heavy atom. The van der Waals surface area contributed by atoms with Gasteiger partial charge in [0.1, 0.15) is 4.47 Å². The fourth-order valence-electron chi connectivity index (χ4n) is 1.87. The number of aromatic amines is 1. The van der Waals surface area contributed by atoms with Crippen LogP contribution in [-0.2, 0) is 10.2 Å². The SMILES string of the molecule is CC(C)(C)c1nc(N2CCOCC2)[nH]c(=O)c1Br. The van der Waals surface area contributed by atoms with Crippen molar-refractivity contribution in [3.63, 3.8) is 0 Å². The van der Waals surface area contributed by atoms with E-state index in [0.29, 0.717) is 23.6 Å². The second-order valence-corrected chi connectivity index (χ2v) is 6.19. The van der Waals surface area contributed by atoms with Crippen LogP contribution in [0.3, 0.4) is 0 Å². The number of aromatic nitrogens is 2. The molecule has 0 saturated carbocycles. The van der Waals surface area contributed by atoms with E-state index in [0.717, 1.165) is 18.8 Å². The van der Waals surface area contributed by atoms with E-state index in [1.807, 2.05) is 25.7 Å². The summed E-state index contributed by atoms with van der Waals surface area (Å²) in [5.74, 6) is 0.636. The topological polar surface area (TPSA) is 58.2 Å². The fourth-order valence-corrected chi connectivity index (χ4v) is 2.65. The predicted octanol–water partition coefficient (Wildman–Crippen LogP) is 1.67. The fraction of sp³-hybridized carbons (Fsp3) is 0.667. The number of ether oxygens (including phenoxy) is 1. The van der Waals surface area contributed by atoms with E-state index in [9.17, 15) is 4.79 Å². The second-order valence-electron chi connectivity index (χ2n) is 5.40. The number of nitrogens with zero attached hydrogens (tertiary/aromatic N) is 2. The second kappa shape index (κ2) is 5.01. The van der Waals surface area contributed by atoms with E-state index in [1.165, 1.54) is 0 Å². The largest absolute Gasteiger partial charge is 0.378 e. The van der Waals surface area contributed by atoms with E-state index < -0.39 is 0 Å². The van der Waals surface area contributed by atoms with Crippen LogP contribution in [0.4, 0.5) is 5.95 Å². The van der Waals surface area contributed by atoms with Gasteiger partial charge in [-0.3, -0.25) is 9.78 Å². The smallest absolute Gasteiger partial charge is 0.266 e. The van der Waals surface area contributed by atoms with Gasteiger partial charge in [-0.2, -0.15) is 0 Å². The Morgan fingerprint density at radius 2 is 1.94 bits per heavy atom. The molecule has 0 bridgehead atoms. The minimum Gasteiger partial charge on any atom is -0.378 e. The van der Waals surface area contributed by atoms with Crippen molar-refractivity contribution in [3.05, 3.63) is 20.5 Å².